The Balaban J connectivity index is 5.20. The van der Waals surface area contributed by atoms with Gasteiger partial charge in [-0.05, 0) is 12.4 Å². The van der Waals surface area contributed by atoms with Gasteiger partial charge in [0.05, 0.1) is 16.7 Å². The molecule has 0 saturated heterocycles. The minimum atomic E-state index is -1.83. The first-order chi connectivity index (χ1) is 11.7. The Labute approximate surface area is 137 Å². The molecule has 0 aromatic carbocycles. The van der Waals surface area contributed by atoms with Crippen LogP contribution in [0.4, 0.5) is 0 Å². The smallest absolute Gasteiger partial charge is 0.0787 e. The molecule has 21 nitrogen and oxygen atoms in total. The Morgan fingerprint density at radius 3 is 1.92 bits per heavy atom. The van der Waals surface area contributed by atoms with E-state index in [2.05, 4.69) is 43.1 Å². The highest BCUT2D eigenvalue weighted by molar-refractivity contribution is 5.46. The highest BCUT2D eigenvalue weighted by Crippen LogP contribution is 1.94. The van der Waals surface area contributed by atoms with E-state index in [1.807, 2.05) is 0 Å². The molecule has 0 atom stereocenters. The molecular weight excluding hydrogens is 358 g/mol. The molecule has 9 N–H and O–H groups in total. The van der Waals surface area contributed by atoms with E-state index >= 15 is 0 Å². The number of hydrazine groups is 2. The molecule has 0 radical (unpaired) electrons. The number of rotatable bonds is 14. The number of nitrogens with one attached hydrogen (secondary N) is 5. The Bertz CT molecular complexity index is 421. The van der Waals surface area contributed by atoms with Crippen LogP contribution in [0.15, 0.2) is 17.9 Å². The van der Waals surface area contributed by atoms with Gasteiger partial charge in [-0.1, -0.05) is 0 Å². The topological polar surface area (TPSA) is 278 Å². The van der Waals surface area contributed by atoms with Crippen LogP contribution >= 0.6 is 0 Å². The van der Waals surface area contributed by atoms with Crippen molar-refractivity contribution >= 4 is 11.7 Å². The molecule has 144 valence electrons. The summed E-state index contributed by atoms with van der Waals surface area (Å²) < 4.78 is 0. The molecule has 0 aliphatic heterocycles. The van der Waals surface area contributed by atoms with Crippen LogP contribution in [0.3, 0.4) is 0 Å². The van der Waals surface area contributed by atoms with Crippen LogP contribution in [0.5, 0.6) is 0 Å². The average molecular weight is 370 g/mol. The quantitative estimate of drug-likeness (QED) is 0.0658. The highest BCUT2D eigenvalue weighted by Gasteiger charge is 2.35. The van der Waals surface area contributed by atoms with Gasteiger partial charge >= 0.3 is 0 Å². The molecule has 0 amide bonds. The van der Waals surface area contributed by atoms with Crippen LogP contribution in [-0.2, 0) is 19.8 Å². The van der Waals surface area contributed by atoms with Gasteiger partial charge in [0.1, 0.15) is 0 Å². The first kappa shape index (κ1) is 22.8. The van der Waals surface area contributed by atoms with E-state index in [0.717, 1.165) is 0 Å². The zero-order chi connectivity index (χ0) is 19.3. The van der Waals surface area contributed by atoms with Crippen molar-refractivity contribution in [3.8, 4) is 0 Å². The highest BCUT2D eigenvalue weighted by atomic mass is 17.1. The molecule has 0 aromatic heterocycles. The SMILES string of the molecule is C=C=NN([O-])ON[N+](NON(N)[O-])(NON(N)[O-])NON([O-])C=C=N. The number of quaternary nitrogens is 1. The van der Waals surface area contributed by atoms with Crippen LogP contribution in [0.1, 0.15) is 0 Å². The zero-order valence-electron chi connectivity index (χ0n) is 11.9. The van der Waals surface area contributed by atoms with Crippen LogP contribution in [0.2, 0.25) is 0 Å². The third-order valence-electron chi connectivity index (χ3n) is 1.38. The molecule has 0 rings (SSSR count). The van der Waals surface area contributed by atoms with Crippen molar-refractivity contribution in [2.24, 2.45) is 16.8 Å². The number of hydrogen-bond acceptors (Lipinski definition) is 20. The fourth-order valence-electron chi connectivity index (χ4n) is 0.670. The maximum atomic E-state index is 11.1. The van der Waals surface area contributed by atoms with E-state index in [9.17, 15) is 20.8 Å². The second-order valence-corrected chi connectivity index (χ2v) is 3.03. The molecule has 0 aliphatic rings. The molecule has 0 heterocycles. The Hall–Kier alpha value is -2.18. The van der Waals surface area contributed by atoms with Crippen LogP contribution < -0.4 is 34.0 Å². The fourth-order valence-corrected chi connectivity index (χ4v) is 0.670. The van der Waals surface area contributed by atoms with Gasteiger partial charge < -0.3 is 20.8 Å². The predicted octanol–water partition coefficient (Wildman–Crippen LogP) is -4.31. The molecule has 0 aliphatic carbocycles. The summed E-state index contributed by atoms with van der Waals surface area (Å²) in [7, 11) is 0. The maximum absolute atomic E-state index is 11.1. The molecule has 0 aromatic rings. The number of nitrogens with zero attached hydrogens (tertiary/aromatic N) is 6. The lowest BCUT2D eigenvalue weighted by atomic mass is 11.0. The van der Waals surface area contributed by atoms with Gasteiger partial charge in [0.15, 0.2) is 0 Å². The van der Waals surface area contributed by atoms with E-state index in [-0.39, 0.29) is 0 Å². The van der Waals surface area contributed by atoms with Crippen LogP contribution in [0, 0.1) is 26.2 Å². The molecule has 0 unspecified atom stereocenters. The third kappa shape index (κ3) is 11.1. The summed E-state index contributed by atoms with van der Waals surface area (Å²) in [6.07, 6.45) is 0.415. The summed E-state index contributed by atoms with van der Waals surface area (Å²) in [6, 6.07) is 0. The monoisotopic (exact) mass is 370 g/mol. The van der Waals surface area contributed by atoms with Crippen LogP contribution in [-0.4, -0.2) is 37.9 Å². The number of hydrogen-bond donors (Lipinski definition) is 7. The first-order valence-corrected chi connectivity index (χ1v) is 5.26. The van der Waals surface area contributed by atoms with Crippen molar-refractivity contribution in [3.05, 3.63) is 33.6 Å². The average Bonchev–Trinajstić information content (AvgIpc) is 2.54. The lowest BCUT2D eigenvalue weighted by Crippen LogP contribution is -2.80. The van der Waals surface area contributed by atoms with Gasteiger partial charge in [0, 0.05) is 22.6 Å². The van der Waals surface area contributed by atoms with E-state index in [1.165, 1.54) is 5.87 Å². The lowest BCUT2D eigenvalue weighted by Gasteiger charge is -2.36. The lowest BCUT2D eigenvalue weighted by molar-refractivity contribution is -1.17. The standard InChI is InChI=1S/C4H12N13O8/c1-2-8-16(21)25-12-17(10-23-14(6)19,11-24-15(7)20)9-22-13(18)4-3-5/h4-5,9-12H,1,6-7H2/q-3. The fraction of sp³-hybridized carbons (Fsp3) is 0. The molecule has 0 fully saturated rings. The number of nitrogens with two attached hydrogens (primary N) is 2. The summed E-state index contributed by atoms with van der Waals surface area (Å²) in [5.41, 5.74) is 6.43. The van der Waals surface area contributed by atoms with E-state index < -0.39 is 26.2 Å². The zero-order valence-corrected chi connectivity index (χ0v) is 11.9. The van der Waals surface area contributed by atoms with Crippen molar-refractivity contribution < 1.29 is 24.7 Å². The number of hydrazone groups is 1. The van der Waals surface area contributed by atoms with Gasteiger partial charge in [-0.15, -0.1) is 15.0 Å². The van der Waals surface area contributed by atoms with Crippen molar-refractivity contribution in [1.29, 1.82) is 5.41 Å². The summed E-state index contributed by atoms with van der Waals surface area (Å²) in [6.45, 7) is 2.97. The largest absolute Gasteiger partial charge is 0.746 e. The van der Waals surface area contributed by atoms with Crippen molar-refractivity contribution in [2.45, 2.75) is 0 Å². The van der Waals surface area contributed by atoms with Gasteiger partial charge in [-0.25, -0.2) is 0 Å². The first-order valence-electron chi connectivity index (χ1n) is 5.26. The Kier molecular flexibility index (Phi) is 11.2. The van der Waals surface area contributed by atoms with Gasteiger partial charge in [0.2, 0.25) is 0 Å². The summed E-state index contributed by atoms with van der Waals surface area (Å²) in [5, 5.41) is 50.4. The van der Waals surface area contributed by atoms with E-state index in [1.54, 1.807) is 28.2 Å². The maximum Gasteiger partial charge on any atom is 0.0787 e. The van der Waals surface area contributed by atoms with Crippen molar-refractivity contribution in [1.82, 2.24) is 43.6 Å². The Morgan fingerprint density at radius 1 is 1.00 bits per heavy atom. The third-order valence-corrected chi connectivity index (χ3v) is 1.38. The minimum Gasteiger partial charge on any atom is -0.746 e. The van der Waals surface area contributed by atoms with E-state index in [0.29, 0.717) is 6.20 Å². The molecule has 0 spiro atoms. The van der Waals surface area contributed by atoms with E-state index in [4.69, 9.17) is 5.41 Å². The molecule has 25 heavy (non-hydrogen) atoms. The predicted molar refractivity (Wildman–Crippen MR) is 71.7 cm³/mol. The van der Waals surface area contributed by atoms with Crippen molar-refractivity contribution in [3.63, 3.8) is 0 Å². The van der Waals surface area contributed by atoms with Gasteiger partial charge in [0.25, 0.3) is 0 Å². The number of hydroxylamine groups is 2. The van der Waals surface area contributed by atoms with Crippen LogP contribution in [0.25, 0.3) is 0 Å². The molecule has 0 saturated carbocycles. The minimum absolute atomic E-state index is 0.406. The van der Waals surface area contributed by atoms with Gasteiger partial charge in [-0.3, -0.25) is 22.3 Å². The Morgan fingerprint density at radius 2 is 1.48 bits per heavy atom. The van der Waals surface area contributed by atoms with Gasteiger partial charge in [-0.2, -0.15) is 25.9 Å². The molecule has 0 bridgehead atoms. The second kappa shape index (κ2) is 12.2. The van der Waals surface area contributed by atoms with Crippen molar-refractivity contribution in [2.75, 3.05) is 0 Å². The second-order valence-electron chi connectivity index (χ2n) is 3.03. The summed E-state index contributed by atoms with van der Waals surface area (Å²) in [5.74, 6) is 12.6. The normalized spacial score (nSPS) is 11.2. The molecule has 21 heteroatoms. The summed E-state index contributed by atoms with van der Waals surface area (Å²) in [4.78, 5) is 14.7. The molecular formula is C4H12N13O8-3. The summed E-state index contributed by atoms with van der Waals surface area (Å²) >= 11 is 0.